The zero-order valence-electron chi connectivity index (χ0n) is 11.2. The van der Waals surface area contributed by atoms with Crippen molar-refractivity contribution in [2.75, 3.05) is 0 Å². The third kappa shape index (κ3) is 2.70. The number of aryl methyl sites for hydroxylation is 2. The first-order valence-electron chi connectivity index (χ1n) is 6.14. The Hall–Kier alpha value is -2.21. The molecule has 0 spiro atoms. The van der Waals surface area contributed by atoms with Crippen LogP contribution in [0.2, 0.25) is 0 Å². The van der Waals surface area contributed by atoms with Crippen LogP contribution in [-0.4, -0.2) is 15.2 Å². The number of nitrogens with zero attached hydrogens (tertiary/aromatic N) is 3. The number of aromatic nitrogens is 3. The van der Waals surface area contributed by atoms with Gasteiger partial charge >= 0.3 is 0 Å². The third-order valence-corrected chi connectivity index (χ3v) is 3.72. The van der Waals surface area contributed by atoms with Gasteiger partial charge in [-0.05, 0) is 30.9 Å². The second-order valence-corrected chi connectivity index (χ2v) is 5.31. The molecular formula is C14H13N3O2S. The van der Waals surface area contributed by atoms with Gasteiger partial charge in [0.25, 0.3) is 0 Å². The largest absolute Gasteiger partial charge is 0.470 e. The van der Waals surface area contributed by atoms with E-state index in [4.69, 9.17) is 9.15 Å². The minimum Gasteiger partial charge on any atom is -0.470 e. The smallest absolute Gasteiger partial charge is 0.236 e. The summed E-state index contributed by atoms with van der Waals surface area (Å²) in [5, 5.41) is 9.99. The van der Waals surface area contributed by atoms with Gasteiger partial charge in [-0.2, -0.15) is 5.10 Å². The van der Waals surface area contributed by atoms with Crippen molar-refractivity contribution in [3.05, 3.63) is 46.8 Å². The van der Waals surface area contributed by atoms with Crippen molar-refractivity contribution >= 4 is 11.3 Å². The lowest BCUT2D eigenvalue weighted by Gasteiger charge is -2.03. The van der Waals surface area contributed by atoms with E-state index >= 15 is 0 Å². The zero-order chi connectivity index (χ0) is 13.9. The van der Waals surface area contributed by atoms with Crippen LogP contribution in [0, 0.1) is 13.8 Å². The molecule has 20 heavy (non-hydrogen) atoms. The number of ether oxygens (including phenoxy) is 1. The topological polar surface area (TPSA) is 61.0 Å². The van der Waals surface area contributed by atoms with Gasteiger partial charge in [0, 0.05) is 6.07 Å². The van der Waals surface area contributed by atoms with Crippen molar-refractivity contribution in [2.45, 2.75) is 20.5 Å². The molecule has 0 bridgehead atoms. The maximum Gasteiger partial charge on any atom is 0.236 e. The summed E-state index contributed by atoms with van der Waals surface area (Å²) in [6, 6.07) is 5.80. The van der Waals surface area contributed by atoms with Crippen LogP contribution < -0.4 is 4.74 Å². The van der Waals surface area contributed by atoms with Gasteiger partial charge in [0.2, 0.25) is 11.8 Å². The Morgan fingerprint density at radius 3 is 2.95 bits per heavy atom. The van der Waals surface area contributed by atoms with E-state index in [1.54, 1.807) is 17.6 Å². The molecule has 0 amide bonds. The lowest BCUT2D eigenvalue weighted by Crippen LogP contribution is -2.00. The Kier molecular flexibility index (Phi) is 3.47. The van der Waals surface area contributed by atoms with Crippen molar-refractivity contribution in [2.24, 2.45) is 0 Å². The van der Waals surface area contributed by atoms with Crippen LogP contribution in [0.4, 0.5) is 0 Å². The molecule has 6 heteroatoms. The van der Waals surface area contributed by atoms with E-state index < -0.39 is 0 Å². The molecule has 0 aliphatic carbocycles. The van der Waals surface area contributed by atoms with E-state index in [1.807, 2.05) is 37.4 Å². The highest BCUT2D eigenvalue weighted by Crippen LogP contribution is 2.24. The van der Waals surface area contributed by atoms with Crippen molar-refractivity contribution in [3.8, 4) is 16.6 Å². The molecule has 5 nitrogen and oxygen atoms in total. The van der Waals surface area contributed by atoms with E-state index in [1.165, 1.54) is 0 Å². The fourth-order valence-corrected chi connectivity index (χ4v) is 2.28. The molecule has 3 aromatic rings. The maximum atomic E-state index is 5.57. The normalized spacial score (nSPS) is 10.7. The van der Waals surface area contributed by atoms with Crippen LogP contribution in [0.5, 0.6) is 5.88 Å². The lowest BCUT2D eigenvalue weighted by molar-refractivity contribution is 0.285. The van der Waals surface area contributed by atoms with E-state index in [-0.39, 0.29) is 0 Å². The molecule has 0 fully saturated rings. The average molecular weight is 287 g/mol. The maximum absolute atomic E-state index is 5.57. The van der Waals surface area contributed by atoms with Crippen LogP contribution in [0.15, 0.2) is 34.3 Å². The molecular weight excluding hydrogens is 274 g/mol. The predicted molar refractivity (Wildman–Crippen MR) is 75.7 cm³/mol. The zero-order valence-corrected chi connectivity index (χ0v) is 12.0. The van der Waals surface area contributed by atoms with Crippen molar-refractivity contribution in [1.29, 1.82) is 0 Å². The molecule has 0 saturated heterocycles. The van der Waals surface area contributed by atoms with E-state index in [9.17, 15) is 0 Å². The molecule has 102 valence electrons. The predicted octanol–water partition coefficient (Wildman–Crippen LogP) is 3.39. The Balaban J connectivity index is 1.68. The highest BCUT2D eigenvalue weighted by molar-refractivity contribution is 7.13. The fraction of sp³-hybridized carbons (Fsp3) is 0.214. The lowest BCUT2D eigenvalue weighted by atomic mass is 10.2. The quantitative estimate of drug-likeness (QED) is 0.736. The first-order chi connectivity index (χ1) is 9.72. The van der Waals surface area contributed by atoms with E-state index in [0.717, 1.165) is 21.8 Å². The van der Waals surface area contributed by atoms with Crippen LogP contribution in [0.25, 0.3) is 10.8 Å². The number of thiophene rings is 1. The monoisotopic (exact) mass is 287 g/mol. The Morgan fingerprint density at radius 1 is 1.30 bits per heavy atom. The van der Waals surface area contributed by atoms with Gasteiger partial charge in [-0.1, -0.05) is 6.07 Å². The second-order valence-electron chi connectivity index (χ2n) is 4.36. The minimum absolute atomic E-state index is 0.312. The van der Waals surface area contributed by atoms with Gasteiger partial charge < -0.3 is 9.15 Å². The summed E-state index contributed by atoms with van der Waals surface area (Å²) in [5.41, 5.74) is 2.68. The molecule has 3 aromatic heterocycles. The van der Waals surface area contributed by atoms with Gasteiger partial charge in [0.15, 0.2) is 0 Å². The molecule has 0 aromatic carbocycles. The van der Waals surface area contributed by atoms with Crippen LogP contribution in [-0.2, 0) is 6.61 Å². The average Bonchev–Trinajstić information content (AvgIpc) is 3.09. The van der Waals surface area contributed by atoms with Crippen LogP contribution in [0.1, 0.15) is 17.0 Å². The van der Waals surface area contributed by atoms with Gasteiger partial charge in [-0.25, -0.2) is 4.98 Å². The number of hydrogen-bond donors (Lipinski definition) is 0. The Morgan fingerprint density at radius 2 is 2.20 bits per heavy atom. The molecule has 0 saturated carbocycles. The summed E-state index contributed by atoms with van der Waals surface area (Å²) in [4.78, 5) is 5.38. The molecule has 0 aliphatic heterocycles. The molecule has 0 N–H and O–H groups in total. The summed E-state index contributed by atoms with van der Waals surface area (Å²) in [5.74, 6) is 1.11. The molecule has 0 unspecified atom stereocenters. The SMILES string of the molecule is Cc1cc(OCc2coc(-c3cccs3)n2)nnc1C. The highest BCUT2D eigenvalue weighted by Gasteiger charge is 2.08. The number of hydrogen-bond acceptors (Lipinski definition) is 6. The summed E-state index contributed by atoms with van der Waals surface area (Å²) >= 11 is 1.59. The molecule has 0 aliphatic rings. The van der Waals surface area contributed by atoms with Crippen LogP contribution >= 0.6 is 11.3 Å². The Labute approximate surface area is 120 Å². The van der Waals surface area contributed by atoms with Gasteiger partial charge in [-0.3, -0.25) is 0 Å². The summed E-state index contributed by atoms with van der Waals surface area (Å²) in [7, 11) is 0. The number of oxazole rings is 1. The highest BCUT2D eigenvalue weighted by atomic mass is 32.1. The van der Waals surface area contributed by atoms with Crippen LogP contribution in [0.3, 0.4) is 0 Å². The van der Waals surface area contributed by atoms with E-state index in [2.05, 4.69) is 15.2 Å². The molecule has 0 atom stereocenters. The molecule has 0 radical (unpaired) electrons. The molecule has 3 rings (SSSR count). The first-order valence-corrected chi connectivity index (χ1v) is 7.02. The standard InChI is InChI=1S/C14H13N3O2S/c1-9-6-13(17-16-10(9)2)18-7-11-8-19-14(15-11)12-4-3-5-20-12/h3-6,8H,7H2,1-2H3. The summed E-state index contributed by atoms with van der Waals surface area (Å²) < 4.78 is 11.0. The third-order valence-electron chi connectivity index (χ3n) is 2.86. The van der Waals surface area contributed by atoms with E-state index in [0.29, 0.717) is 18.4 Å². The Bertz CT molecular complexity index is 707. The van der Waals surface area contributed by atoms with Gasteiger partial charge in [0.05, 0.1) is 10.6 Å². The second kappa shape index (κ2) is 5.42. The first kappa shape index (κ1) is 12.8. The van der Waals surface area contributed by atoms with Crippen molar-refractivity contribution < 1.29 is 9.15 Å². The van der Waals surface area contributed by atoms with Gasteiger partial charge in [0.1, 0.15) is 18.6 Å². The fourth-order valence-electron chi connectivity index (χ4n) is 1.63. The summed E-state index contributed by atoms with van der Waals surface area (Å²) in [6.45, 7) is 4.20. The van der Waals surface area contributed by atoms with Gasteiger partial charge in [-0.15, -0.1) is 16.4 Å². The van der Waals surface area contributed by atoms with Crippen molar-refractivity contribution in [3.63, 3.8) is 0 Å². The number of rotatable bonds is 4. The minimum atomic E-state index is 0.312. The molecule has 3 heterocycles. The summed E-state index contributed by atoms with van der Waals surface area (Å²) in [6.07, 6.45) is 1.60. The van der Waals surface area contributed by atoms with Crippen molar-refractivity contribution in [1.82, 2.24) is 15.2 Å².